The highest BCUT2D eigenvalue weighted by Gasteiger charge is 2.34. The van der Waals surface area contributed by atoms with E-state index in [0.29, 0.717) is 28.3 Å². The lowest BCUT2D eigenvalue weighted by Gasteiger charge is -2.28. The van der Waals surface area contributed by atoms with Gasteiger partial charge >= 0.3 is 0 Å². The van der Waals surface area contributed by atoms with Crippen molar-refractivity contribution in [1.82, 2.24) is 19.7 Å². The van der Waals surface area contributed by atoms with E-state index in [4.69, 9.17) is 16.6 Å². The Bertz CT molecular complexity index is 973. The van der Waals surface area contributed by atoms with Crippen molar-refractivity contribution < 1.29 is 4.79 Å². The van der Waals surface area contributed by atoms with Gasteiger partial charge in [-0.1, -0.05) is 25.4 Å². The van der Waals surface area contributed by atoms with Crippen molar-refractivity contribution in [3.63, 3.8) is 0 Å². The van der Waals surface area contributed by atoms with Gasteiger partial charge in [0.1, 0.15) is 11.2 Å². The van der Waals surface area contributed by atoms with Crippen LogP contribution in [-0.4, -0.2) is 25.5 Å². The minimum Gasteiger partial charge on any atom is -0.292 e. The van der Waals surface area contributed by atoms with E-state index in [1.54, 1.807) is 4.68 Å². The molecule has 0 saturated heterocycles. The predicted octanol–water partition coefficient (Wildman–Crippen LogP) is 3.93. The van der Waals surface area contributed by atoms with Crippen molar-refractivity contribution in [3.05, 3.63) is 46.4 Å². The quantitative estimate of drug-likeness (QED) is 0.673. The molecule has 2 heterocycles. The van der Waals surface area contributed by atoms with Gasteiger partial charge in [0, 0.05) is 11.4 Å². The summed E-state index contributed by atoms with van der Waals surface area (Å²) >= 11 is 5.97. The number of benzene rings is 1. The van der Waals surface area contributed by atoms with Gasteiger partial charge in [-0.05, 0) is 43.0 Å². The van der Waals surface area contributed by atoms with Crippen LogP contribution in [0.2, 0.25) is 5.02 Å². The van der Waals surface area contributed by atoms with Crippen LogP contribution in [0.1, 0.15) is 42.1 Å². The van der Waals surface area contributed by atoms with Crippen molar-refractivity contribution >= 4 is 28.5 Å². The van der Waals surface area contributed by atoms with Gasteiger partial charge in [0.15, 0.2) is 11.4 Å². The van der Waals surface area contributed by atoms with Crippen LogP contribution < -0.4 is 0 Å². The molecule has 0 bridgehead atoms. The largest absolute Gasteiger partial charge is 0.292 e. The second kappa shape index (κ2) is 5.11. The van der Waals surface area contributed by atoms with Crippen LogP contribution in [-0.2, 0) is 6.42 Å². The van der Waals surface area contributed by atoms with Crippen molar-refractivity contribution in [1.29, 1.82) is 0 Å². The minimum atomic E-state index is -0.0907. The number of ketones is 1. The van der Waals surface area contributed by atoms with E-state index in [0.717, 1.165) is 23.5 Å². The smallest absolute Gasteiger partial charge is 0.183 e. The normalized spacial score (nSPS) is 16.4. The molecule has 122 valence electrons. The van der Waals surface area contributed by atoms with Crippen LogP contribution in [0.5, 0.6) is 0 Å². The molecule has 0 radical (unpaired) electrons. The summed E-state index contributed by atoms with van der Waals surface area (Å²) in [5.74, 6) is 0.0642. The average molecular weight is 341 g/mol. The lowest BCUT2D eigenvalue weighted by molar-refractivity contribution is 0.0904. The Balaban J connectivity index is 1.95. The molecular formula is C18H17ClN4O. The van der Waals surface area contributed by atoms with E-state index in [-0.39, 0.29) is 11.2 Å². The first-order chi connectivity index (χ1) is 11.3. The van der Waals surface area contributed by atoms with Crippen LogP contribution in [0.25, 0.3) is 16.9 Å². The maximum atomic E-state index is 12.4. The zero-order valence-corrected chi connectivity index (χ0v) is 14.6. The number of aryl methyl sites for hydroxylation is 1. The van der Waals surface area contributed by atoms with E-state index >= 15 is 0 Å². The summed E-state index contributed by atoms with van der Waals surface area (Å²) in [6.07, 6.45) is 1.24. The monoisotopic (exact) mass is 340 g/mol. The fourth-order valence-corrected chi connectivity index (χ4v) is 3.36. The number of hydrogen-bond donors (Lipinski definition) is 0. The second-order valence-corrected chi connectivity index (χ2v) is 7.54. The number of rotatable bonds is 1. The van der Waals surface area contributed by atoms with E-state index in [9.17, 15) is 4.79 Å². The zero-order chi connectivity index (χ0) is 17.1. The first-order valence-electron chi connectivity index (χ1n) is 7.89. The van der Waals surface area contributed by atoms with Crippen LogP contribution in [0, 0.1) is 12.3 Å². The van der Waals surface area contributed by atoms with Gasteiger partial charge in [0.25, 0.3) is 0 Å². The molecule has 0 spiro atoms. The molecule has 5 nitrogen and oxygen atoms in total. The summed E-state index contributed by atoms with van der Waals surface area (Å²) in [5, 5.41) is 5.23. The van der Waals surface area contributed by atoms with E-state index in [1.165, 1.54) is 0 Å². The second-order valence-electron chi connectivity index (χ2n) is 7.11. The number of Topliss-reactive ketones (excluding diaryl/α,β-unsaturated/α-hetero) is 1. The summed E-state index contributed by atoms with van der Waals surface area (Å²) < 4.78 is 1.76. The Morgan fingerprint density at radius 1 is 1.12 bits per heavy atom. The van der Waals surface area contributed by atoms with E-state index in [1.807, 2.05) is 31.2 Å². The third-order valence-electron chi connectivity index (χ3n) is 4.36. The Hall–Kier alpha value is -2.27. The first-order valence-corrected chi connectivity index (χ1v) is 8.27. The molecule has 6 heteroatoms. The molecular weight excluding hydrogens is 324 g/mol. The average Bonchev–Trinajstić information content (AvgIpc) is 2.82. The zero-order valence-electron chi connectivity index (χ0n) is 13.8. The molecule has 0 N–H and O–H groups in total. The summed E-state index contributed by atoms with van der Waals surface area (Å²) in [6, 6.07) is 7.42. The summed E-state index contributed by atoms with van der Waals surface area (Å²) in [7, 11) is 0. The van der Waals surface area contributed by atoms with Gasteiger partial charge in [-0.2, -0.15) is 5.10 Å². The van der Waals surface area contributed by atoms with Gasteiger partial charge in [-0.25, -0.2) is 14.6 Å². The molecule has 1 aliphatic carbocycles. The molecule has 0 saturated carbocycles. The van der Waals surface area contributed by atoms with Crippen molar-refractivity contribution in [2.24, 2.45) is 5.41 Å². The summed E-state index contributed by atoms with van der Waals surface area (Å²) in [6.45, 7) is 6.05. The summed E-state index contributed by atoms with van der Waals surface area (Å²) in [5.41, 5.74) is 4.16. The van der Waals surface area contributed by atoms with Gasteiger partial charge in [0.2, 0.25) is 0 Å². The Kier molecular flexibility index (Phi) is 3.25. The lowest BCUT2D eigenvalue weighted by atomic mass is 9.77. The predicted molar refractivity (Wildman–Crippen MR) is 92.8 cm³/mol. The van der Waals surface area contributed by atoms with E-state index in [2.05, 4.69) is 23.9 Å². The lowest BCUT2D eigenvalue weighted by Crippen LogP contribution is -2.29. The van der Waals surface area contributed by atoms with Gasteiger partial charge in [-0.15, -0.1) is 0 Å². The molecule has 0 fully saturated rings. The Morgan fingerprint density at radius 2 is 1.83 bits per heavy atom. The van der Waals surface area contributed by atoms with Gasteiger partial charge in [0.05, 0.1) is 17.1 Å². The first kappa shape index (κ1) is 15.3. The summed E-state index contributed by atoms with van der Waals surface area (Å²) in [4.78, 5) is 21.8. The molecule has 3 aromatic rings. The highest BCUT2D eigenvalue weighted by molar-refractivity contribution is 6.30. The van der Waals surface area contributed by atoms with Crippen molar-refractivity contribution in [3.8, 4) is 5.69 Å². The van der Waals surface area contributed by atoms with Crippen molar-refractivity contribution in [2.45, 2.75) is 33.6 Å². The topological polar surface area (TPSA) is 60.7 Å². The minimum absolute atomic E-state index is 0.0642. The SMILES string of the molecule is Cc1nn(-c2ccc(Cl)cc2)c2nc3c(nc12)C(=O)CC(C)(C)C3. The molecule has 1 aromatic carbocycles. The molecule has 4 rings (SSSR count). The third kappa shape index (κ3) is 2.40. The van der Waals surface area contributed by atoms with Crippen LogP contribution in [0.15, 0.2) is 24.3 Å². The Morgan fingerprint density at radius 3 is 2.54 bits per heavy atom. The molecule has 1 aliphatic rings. The highest BCUT2D eigenvalue weighted by atomic mass is 35.5. The Labute approximate surface area is 144 Å². The number of carbonyl (C=O) groups is 1. The number of carbonyl (C=O) groups excluding carboxylic acids is 1. The van der Waals surface area contributed by atoms with Crippen LogP contribution >= 0.6 is 11.6 Å². The number of hydrogen-bond acceptors (Lipinski definition) is 4. The molecule has 24 heavy (non-hydrogen) atoms. The van der Waals surface area contributed by atoms with Crippen LogP contribution in [0.4, 0.5) is 0 Å². The number of halogens is 1. The van der Waals surface area contributed by atoms with Gasteiger partial charge in [-0.3, -0.25) is 4.79 Å². The fraction of sp³-hybridized carbons (Fsp3) is 0.333. The number of nitrogens with zero attached hydrogens (tertiary/aromatic N) is 4. The molecule has 0 aliphatic heterocycles. The van der Waals surface area contributed by atoms with Crippen LogP contribution in [0.3, 0.4) is 0 Å². The molecule has 0 amide bonds. The molecule has 2 aromatic heterocycles. The molecule has 0 atom stereocenters. The standard InChI is InChI=1S/C18H17ClN4O/c1-10-15-17(23(22-10)12-6-4-11(19)5-7-12)20-13-8-18(2,3)9-14(24)16(13)21-15/h4-7H,8-9H2,1-3H3. The molecule has 0 unspecified atom stereocenters. The van der Waals surface area contributed by atoms with E-state index < -0.39 is 0 Å². The number of aromatic nitrogens is 4. The van der Waals surface area contributed by atoms with Crippen molar-refractivity contribution in [2.75, 3.05) is 0 Å². The van der Waals surface area contributed by atoms with Gasteiger partial charge < -0.3 is 0 Å². The highest BCUT2D eigenvalue weighted by Crippen LogP contribution is 2.34. The fourth-order valence-electron chi connectivity index (χ4n) is 3.24. The number of fused-ring (bicyclic) bond motifs is 2. The maximum absolute atomic E-state index is 12.4. The maximum Gasteiger partial charge on any atom is 0.183 e. The third-order valence-corrected chi connectivity index (χ3v) is 4.62.